The number of hydrogen-bond acceptors (Lipinski definition) is 4. The van der Waals surface area contributed by atoms with E-state index in [1.807, 2.05) is 65.3 Å². The summed E-state index contributed by atoms with van der Waals surface area (Å²) in [5.74, 6) is -2.10. The van der Waals surface area contributed by atoms with Crippen LogP contribution in [-0.2, 0) is 29.1 Å². The highest BCUT2D eigenvalue weighted by Crippen LogP contribution is 2.36. The minimum Gasteiger partial charge on any atom is -0.479 e. The summed E-state index contributed by atoms with van der Waals surface area (Å²) in [6.45, 7) is 2.75. The molecule has 0 saturated heterocycles. The molecule has 0 aliphatic heterocycles. The number of allylic oxidation sites excluding steroid dienone is 1. The Labute approximate surface area is 232 Å². The number of aryl methyl sites for hydroxylation is 1. The number of fused-ring (bicyclic) bond motifs is 1. The number of hydrogen-bond donors (Lipinski definition) is 2. The summed E-state index contributed by atoms with van der Waals surface area (Å²) in [5.41, 5.74) is 3.82. The summed E-state index contributed by atoms with van der Waals surface area (Å²) in [4.78, 5) is 36.7. The number of carbonyl (C=O) groups is 3. The Bertz CT molecular complexity index is 1610. The SMILES string of the molecule is CCc1ccc(C(=O)c2cn(C/C=C\c3cccc(COC4(C(=O)O)CCC4)c3)c3ccc(C(=O)O)cc23)cc1. The van der Waals surface area contributed by atoms with Crippen molar-refractivity contribution in [3.05, 3.63) is 112 Å². The molecular formula is C33H31NO6. The van der Waals surface area contributed by atoms with Crippen molar-refractivity contribution in [1.29, 1.82) is 0 Å². The van der Waals surface area contributed by atoms with Crippen LogP contribution in [0, 0.1) is 0 Å². The molecule has 40 heavy (non-hydrogen) atoms. The zero-order chi connectivity index (χ0) is 28.3. The smallest absolute Gasteiger partial charge is 0.335 e. The van der Waals surface area contributed by atoms with Gasteiger partial charge in [0.15, 0.2) is 11.4 Å². The van der Waals surface area contributed by atoms with Crippen molar-refractivity contribution in [1.82, 2.24) is 4.57 Å². The molecule has 5 rings (SSSR count). The van der Waals surface area contributed by atoms with E-state index < -0.39 is 17.5 Å². The molecule has 204 valence electrons. The number of carboxylic acids is 2. The van der Waals surface area contributed by atoms with Crippen LogP contribution in [0.15, 0.2) is 79.0 Å². The van der Waals surface area contributed by atoms with Crippen molar-refractivity contribution in [2.45, 2.75) is 51.4 Å². The third kappa shape index (κ3) is 5.46. The average molecular weight is 538 g/mol. The lowest BCUT2D eigenvalue weighted by molar-refractivity contribution is -0.181. The second-order valence-electron chi connectivity index (χ2n) is 10.2. The topological polar surface area (TPSA) is 106 Å². The summed E-state index contributed by atoms with van der Waals surface area (Å²) in [6.07, 6.45) is 8.53. The van der Waals surface area contributed by atoms with E-state index >= 15 is 0 Å². The first-order valence-corrected chi connectivity index (χ1v) is 13.4. The van der Waals surface area contributed by atoms with Gasteiger partial charge in [-0.25, -0.2) is 9.59 Å². The lowest BCUT2D eigenvalue weighted by Gasteiger charge is -2.37. The molecule has 0 unspecified atom stereocenters. The predicted molar refractivity (Wildman–Crippen MR) is 153 cm³/mol. The van der Waals surface area contributed by atoms with Gasteiger partial charge in [0.05, 0.1) is 12.2 Å². The van der Waals surface area contributed by atoms with Gasteiger partial charge in [0.25, 0.3) is 0 Å². The summed E-state index contributed by atoms with van der Waals surface area (Å²) in [5, 5.41) is 19.6. The van der Waals surface area contributed by atoms with Gasteiger partial charge >= 0.3 is 11.9 Å². The van der Waals surface area contributed by atoms with Crippen LogP contribution in [0.2, 0.25) is 0 Å². The zero-order valence-corrected chi connectivity index (χ0v) is 22.3. The van der Waals surface area contributed by atoms with Gasteiger partial charge in [-0.3, -0.25) is 4.79 Å². The molecule has 3 aromatic carbocycles. The first kappa shape index (κ1) is 27.1. The third-order valence-electron chi connectivity index (χ3n) is 7.63. The Balaban J connectivity index is 1.37. The molecule has 0 spiro atoms. The number of aliphatic carboxylic acids is 1. The average Bonchev–Trinajstić information content (AvgIpc) is 3.30. The molecule has 1 fully saturated rings. The van der Waals surface area contributed by atoms with Gasteiger partial charge in [0, 0.05) is 34.8 Å². The number of benzene rings is 3. The number of ketones is 1. The fourth-order valence-electron chi connectivity index (χ4n) is 5.04. The van der Waals surface area contributed by atoms with Crippen molar-refractivity contribution in [2.24, 2.45) is 0 Å². The summed E-state index contributed by atoms with van der Waals surface area (Å²) in [6, 6.07) is 20.1. The number of aromatic carboxylic acids is 1. The quantitative estimate of drug-likeness (QED) is 0.215. The van der Waals surface area contributed by atoms with Crippen molar-refractivity contribution in [3.63, 3.8) is 0 Å². The van der Waals surface area contributed by atoms with Gasteiger partial charge in [-0.1, -0.05) is 61.5 Å². The highest BCUT2D eigenvalue weighted by atomic mass is 16.5. The second kappa shape index (κ2) is 11.3. The lowest BCUT2D eigenvalue weighted by atomic mass is 9.80. The largest absolute Gasteiger partial charge is 0.479 e. The number of rotatable bonds is 11. The molecule has 7 nitrogen and oxygen atoms in total. The first-order valence-electron chi connectivity index (χ1n) is 13.4. The third-order valence-corrected chi connectivity index (χ3v) is 7.63. The van der Waals surface area contributed by atoms with Crippen LogP contribution in [0.4, 0.5) is 0 Å². The fourth-order valence-corrected chi connectivity index (χ4v) is 5.04. The van der Waals surface area contributed by atoms with Gasteiger partial charge in [-0.2, -0.15) is 0 Å². The molecule has 7 heteroatoms. The molecule has 0 bridgehead atoms. The highest BCUT2D eigenvalue weighted by molar-refractivity contribution is 6.17. The Morgan fingerprint density at radius 1 is 0.950 bits per heavy atom. The van der Waals surface area contributed by atoms with Crippen LogP contribution in [0.5, 0.6) is 0 Å². The highest BCUT2D eigenvalue weighted by Gasteiger charge is 2.45. The first-order chi connectivity index (χ1) is 19.3. The summed E-state index contributed by atoms with van der Waals surface area (Å²) >= 11 is 0. The van der Waals surface area contributed by atoms with Crippen LogP contribution in [-0.4, -0.2) is 38.1 Å². The number of nitrogens with zero attached hydrogens (tertiary/aromatic N) is 1. The molecule has 1 aromatic heterocycles. The standard InChI is InChI=1S/C33H31NO6/c1-2-22-9-11-25(12-10-22)30(35)28-20-34(29-14-13-26(31(36)37)19-27(28)29)17-4-8-23-6-3-7-24(18-23)21-40-33(32(38)39)15-5-16-33/h3-4,6-14,18-20H,2,5,15-17,21H2,1H3,(H,36,37)(H,38,39)/b8-4-. The Morgan fingerprint density at radius 2 is 1.70 bits per heavy atom. The molecule has 2 N–H and O–H groups in total. The van der Waals surface area contributed by atoms with Crippen molar-refractivity contribution in [2.75, 3.05) is 0 Å². The van der Waals surface area contributed by atoms with E-state index in [0.717, 1.165) is 35.0 Å². The molecule has 1 saturated carbocycles. The maximum atomic E-state index is 13.5. The van der Waals surface area contributed by atoms with E-state index in [0.29, 0.717) is 35.9 Å². The number of carboxylic acid groups (broad SMARTS) is 2. The molecule has 1 aliphatic carbocycles. The minimum atomic E-state index is -1.06. The summed E-state index contributed by atoms with van der Waals surface area (Å²) < 4.78 is 7.73. The molecule has 0 amide bonds. The van der Waals surface area contributed by atoms with Crippen molar-refractivity contribution < 1.29 is 29.3 Å². The van der Waals surface area contributed by atoms with Gasteiger partial charge in [0.2, 0.25) is 0 Å². The monoisotopic (exact) mass is 537 g/mol. The molecule has 4 aromatic rings. The van der Waals surface area contributed by atoms with E-state index in [4.69, 9.17) is 4.74 Å². The fraction of sp³-hybridized carbons (Fsp3) is 0.242. The normalized spacial score (nSPS) is 14.3. The number of aromatic nitrogens is 1. The molecule has 0 atom stereocenters. The van der Waals surface area contributed by atoms with Crippen LogP contribution in [0.3, 0.4) is 0 Å². The van der Waals surface area contributed by atoms with Crippen LogP contribution >= 0.6 is 0 Å². The van der Waals surface area contributed by atoms with Gasteiger partial charge in [0.1, 0.15) is 0 Å². The maximum absolute atomic E-state index is 13.5. The van der Waals surface area contributed by atoms with Gasteiger partial charge < -0.3 is 19.5 Å². The predicted octanol–water partition coefficient (Wildman–Crippen LogP) is 6.37. The number of ether oxygens (including phenoxy) is 1. The molecular weight excluding hydrogens is 506 g/mol. The Morgan fingerprint density at radius 3 is 2.35 bits per heavy atom. The van der Waals surface area contributed by atoms with Crippen LogP contribution in [0.1, 0.15) is 69.2 Å². The Kier molecular flexibility index (Phi) is 7.67. The van der Waals surface area contributed by atoms with Crippen LogP contribution < -0.4 is 0 Å². The summed E-state index contributed by atoms with van der Waals surface area (Å²) in [7, 11) is 0. The minimum absolute atomic E-state index is 0.127. The zero-order valence-electron chi connectivity index (χ0n) is 22.3. The Hall–Kier alpha value is -4.49. The number of carbonyl (C=O) groups excluding carboxylic acids is 1. The second-order valence-corrected chi connectivity index (χ2v) is 10.2. The van der Waals surface area contributed by atoms with E-state index in [1.165, 1.54) is 0 Å². The van der Waals surface area contributed by atoms with E-state index in [1.54, 1.807) is 24.4 Å². The van der Waals surface area contributed by atoms with Crippen LogP contribution in [0.25, 0.3) is 17.0 Å². The van der Waals surface area contributed by atoms with Gasteiger partial charge in [-0.15, -0.1) is 0 Å². The lowest BCUT2D eigenvalue weighted by Crippen LogP contribution is -2.47. The van der Waals surface area contributed by atoms with E-state index in [-0.39, 0.29) is 18.0 Å². The van der Waals surface area contributed by atoms with E-state index in [2.05, 4.69) is 6.92 Å². The van der Waals surface area contributed by atoms with E-state index in [9.17, 15) is 24.6 Å². The van der Waals surface area contributed by atoms with Crippen molar-refractivity contribution in [3.8, 4) is 0 Å². The molecule has 1 aliphatic rings. The molecule has 0 radical (unpaired) electrons. The maximum Gasteiger partial charge on any atom is 0.335 e. The van der Waals surface area contributed by atoms with Gasteiger partial charge in [-0.05, 0) is 66.6 Å². The molecule has 1 heterocycles. The van der Waals surface area contributed by atoms with Crippen molar-refractivity contribution >= 4 is 34.7 Å².